The number of nitrogens with zero attached hydrogens (tertiary/aromatic N) is 3. The zero-order valence-electron chi connectivity index (χ0n) is 12.9. The molecule has 5 nitrogen and oxygen atoms in total. The van der Waals surface area contributed by atoms with Gasteiger partial charge in [0.2, 0.25) is 5.95 Å². The zero-order chi connectivity index (χ0) is 15.5. The molecule has 1 aliphatic heterocycles. The van der Waals surface area contributed by atoms with Crippen LogP contribution < -0.4 is 10.2 Å². The van der Waals surface area contributed by atoms with Crippen LogP contribution in [0.2, 0.25) is 0 Å². The van der Waals surface area contributed by atoms with E-state index >= 15 is 0 Å². The Morgan fingerprint density at radius 3 is 2.55 bits per heavy atom. The molecule has 0 aromatic carbocycles. The van der Waals surface area contributed by atoms with Crippen molar-refractivity contribution in [2.45, 2.75) is 32.7 Å². The third-order valence-corrected chi connectivity index (χ3v) is 4.92. The number of aromatic nitrogens is 2. The van der Waals surface area contributed by atoms with E-state index in [0.717, 1.165) is 42.3 Å². The minimum Gasteiger partial charge on any atom is -0.349 e. The van der Waals surface area contributed by atoms with Gasteiger partial charge in [0.1, 0.15) is 0 Å². The van der Waals surface area contributed by atoms with Crippen molar-refractivity contribution in [3.63, 3.8) is 0 Å². The minimum atomic E-state index is 0.0521. The van der Waals surface area contributed by atoms with Crippen LogP contribution in [0.1, 0.15) is 33.0 Å². The van der Waals surface area contributed by atoms with Crippen molar-refractivity contribution >= 4 is 23.2 Å². The second-order valence-electron chi connectivity index (χ2n) is 5.61. The molecule has 0 saturated carbocycles. The van der Waals surface area contributed by atoms with Gasteiger partial charge in [-0.2, -0.15) is 0 Å². The van der Waals surface area contributed by atoms with Gasteiger partial charge in [-0.05, 0) is 38.8 Å². The Bertz CT molecular complexity index is 647. The van der Waals surface area contributed by atoms with E-state index in [9.17, 15) is 4.79 Å². The van der Waals surface area contributed by atoms with Gasteiger partial charge < -0.3 is 10.2 Å². The highest BCUT2D eigenvalue weighted by Gasteiger charge is 2.23. The molecule has 22 heavy (non-hydrogen) atoms. The number of piperidine rings is 1. The minimum absolute atomic E-state index is 0.0521. The first kappa shape index (κ1) is 15.0. The average Bonchev–Trinajstić information content (AvgIpc) is 2.88. The first-order valence-corrected chi connectivity index (χ1v) is 8.35. The van der Waals surface area contributed by atoms with Crippen molar-refractivity contribution in [3.05, 3.63) is 39.8 Å². The summed E-state index contributed by atoms with van der Waals surface area (Å²) in [6.45, 7) is 5.78. The topological polar surface area (TPSA) is 58.1 Å². The molecule has 0 radical (unpaired) electrons. The maximum Gasteiger partial charge on any atom is 0.252 e. The highest BCUT2D eigenvalue weighted by Crippen LogP contribution is 2.21. The lowest BCUT2D eigenvalue weighted by Gasteiger charge is -2.32. The molecule has 3 heterocycles. The van der Waals surface area contributed by atoms with Gasteiger partial charge in [-0.15, -0.1) is 11.3 Å². The normalized spacial score (nSPS) is 15.8. The molecule has 3 rings (SSSR count). The van der Waals surface area contributed by atoms with Gasteiger partial charge in [0.15, 0.2) is 0 Å². The number of amides is 1. The Morgan fingerprint density at radius 1 is 1.27 bits per heavy atom. The second kappa shape index (κ2) is 6.44. The lowest BCUT2D eigenvalue weighted by atomic mass is 10.0. The molecular formula is C16H20N4OS. The third kappa shape index (κ3) is 3.27. The van der Waals surface area contributed by atoms with Crippen LogP contribution >= 0.6 is 11.3 Å². The fourth-order valence-corrected chi connectivity index (χ4v) is 3.72. The highest BCUT2D eigenvalue weighted by molar-refractivity contribution is 7.12. The summed E-state index contributed by atoms with van der Waals surface area (Å²) in [5, 5.41) is 3.16. The van der Waals surface area contributed by atoms with Crippen molar-refractivity contribution in [1.82, 2.24) is 15.3 Å². The van der Waals surface area contributed by atoms with E-state index < -0.39 is 0 Å². The molecule has 1 saturated heterocycles. The van der Waals surface area contributed by atoms with E-state index in [1.807, 2.05) is 26.0 Å². The van der Waals surface area contributed by atoms with Gasteiger partial charge in [0.25, 0.3) is 5.91 Å². The second-order valence-corrected chi connectivity index (χ2v) is 7.07. The molecule has 0 bridgehead atoms. The number of nitrogens with one attached hydrogen (secondary N) is 1. The molecule has 2 aromatic heterocycles. The number of hydrogen-bond donors (Lipinski definition) is 1. The average molecular weight is 316 g/mol. The smallest absolute Gasteiger partial charge is 0.252 e. The van der Waals surface area contributed by atoms with E-state index in [0.29, 0.717) is 0 Å². The van der Waals surface area contributed by atoms with E-state index in [1.54, 1.807) is 23.7 Å². The number of hydrogen-bond acceptors (Lipinski definition) is 5. The zero-order valence-corrected chi connectivity index (χ0v) is 13.7. The molecular weight excluding hydrogens is 296 g/mol. The quantitative estimate of drug-likeness (QED) is 0.945. The van der Waals surface area contributed by atoms with Gasteiger partial charge in [-0.25, -0.2) is 9.97 Å². The van der Waals surface area contributed by atoms with Crippen LogP contribution in [0.25, 0.3) is 0 Å². The van der Waals surface area contributed by atoms with Crippen LogP contribution in [-0.4, -0.2) is 35.0 Å². The van der Waals surface area contributed by atoms with Gasteiger partial charge in [-0.3, -0.25) is 4.79 Å². The first-order chi connectivity index (χ1) is 10.6. The van der Waals surface area contributed by atoms with Crippen molar-refractivity contribution in [1.29, 1.82) is 0 Å². The van der Waals surface area contributed by atoms with E-state index in [-0.39, 0.29) is 11.9 Å². The van der Waals surface area contributed by atoms with Crippen LogP contribution in [-0.2, 0) is 0 Å². The SMILES string of the molecule is Cc1cc(C(=O)NC2CCN(c3ncccn3)CC2)c(C)s1. The molecule has 0 aliphatic carbocycles. The van der Waals surface area contributed by atoms with Gasteiger partial charge >= 0.3 is 0 Å². The molecule has 6 heteroatoms. The van der Waals surface area contributed by atoms with Crippen LogP contribution in [0.5, 0.6) is 0 Å². The van der Waals surface area contributed by atoms with Crippen molar-refractivity contribution < 1.29 is 4.79 Å². The number of rotatable bonds is 3. The molecule has 1 aliphatic rings. The highest BCUT2D eigenvalue weighted by atomic mass is 32.1. The summed E-state index contributed by atoms with van der Waals surface area (Å²) in [6, 6.07) is 4.02. The van der Waals surface area contributed by atoms with Crippen LogP contribution in [0.3, 0.4) is 0 Å². The predicted octanol–water partition coefficient (Wildman–Crippen LogP) is 2.55. The van der Waals surface area contributed by atoms with Gasteiger partial charge in [0.05, 0.1) is 5.56 Å². The lowest BCUT2D eigenvalue weighted by Crippen LogP contribution is -2.45. The van der Waals surface area contributed by atoms with Crippen molar-refractivity contribution in [2.24, 2.45) is 0 Å². The number of thiophene rings is 1. The fourth-order valence-electron chi connectivity index (χ4n) is 2.80. The first-order valence-electron chi connectivity index (χ1n) is 7.53. The van der Waals surface area contributed by atoms with Gasteiger partial charge in [-0.1, -0.05) is 0 Å². The Kier molecular flexibility index (Phi) is 4.38. The number of aryl methyl sites for hydroxylation is 2. The Morgan fingerprint density at radius 2 is 1.95 bits per heavy atom. The van der Waals surface area contributed by atoms with E-state index in [1.165, 1.54) is 4.88 Å². The van der Waals surface area contributed by atoms with Crippen molar-refractivity contribution in [3.8, 4) is 0 Å². The maximum absolute atomic E-state index is 12.4. The summed E-state index contributed by atoms with van der Waals surface area (Å²) >= 11 is 1.67. The Labute approximate surface area is 134 Å². The molecule has 0 spiro atoms. The van der Waals surface area contributed by atoms with Gasteiger partial charge in [0, 0.05) is 41.3 Å². The number of anilines is 1. The Hall–Kier alpha value is -1.95. The molecule has 1 N–H and O–H groups in total. The monoisotopic (exact) mass is 316 g/mol. The van der Waals surface area contributed by atoms with E-state index in [2.05, 4.69) is 20.2 Å². The molecule has 1 fully saturated rings. The lowest BCUT2D eigenvalue weighted by molar-refractivity contribution is 0.0931. The fraction of sp³-hybridized carbons (Fsp3) is 0.438. The number of carbonyl (C=O) groups is 1. The maximum atomic E-state index is 12.4. The third-order valence-electron chi connectivity index (χ3n) is 3.95. The summed E-state index contributed by atoms with van der Waals surface area (Å²) < 4.78 is 0. The summed E-state index contributed by atoms with van der Waals surface area (Å²) in [4.78, 5) is 25.4. The molecule has 0 atom stereocenters. The number of carbonyl (C=O) groups excluding carboxylic acids is 1. The van der Waals surface area contributed by atoms with Crippen molar-refractivity contribution in [2.75, 3.05) is 18.0 Å². The molecule has 1 amide bonds. The van der Waals surface area contributed by atoms with Crippen LogP contribution in [0, 0.1) is 13.8 Å². The summed E-state index contributed by atoms with van der Waals surface area (Å²) in [6.07, 6.45) is 5.37. The predicted molar refractivity (Wildman–Crippen MR) is 88.5 cm³/mol. The van der Waals surface area contributed by atoms with E-state index in [4.69, 9.17) is 0 Å². The molecule has 116 valence electrons. The van der Waals surface area contributed by atoms with Crippen LogP contribution in [0.15, 0.2) is 24.5 Å². The summed E-state index contributed by atoms with van der Waals surface area (Å²) in [5.41, 5.74) is 0.816. The largest absolute Gasteiger partial charge is 0.349 e. The molecule has 0 unspecified atom stereocenters. The standard InChI is InChI=1S/C16H20N4OS/c1-11-10-14(12(2)22-11)15(21)19-13-4-8-20(9-5-13)16-17-6-3-7-18-16/h3,6-7,10,13H,4-5,8-9H2,1-2H3,(H,19,21). The summed E-state index contributed by atoms with van der Waals surface area (Å²) in [5.74, 6) is 0.827. The van der Waals surface area contributed by atoms with Crippen LogP contribution in [0.4, 0.5) is 5.95 Å². The molecule has 2 aromatic rings. The summed E-state index contributed by atoms with van der Waals surface area (Å²) in [7, 11) is 0. The Balaban J connectivity index is 1.56.